The van der Waals surface area contributed by atoms with Crippen molar-refractivity contribution in [1.29, 1.82) is 0 Å². The molecule has 140 valence electrons. The van der Waals surface area contributed by atoms with Crippen LogP contribution >= 0.6 is 35.0 Å². The van der Waals surface area contributed by atoms with Gasteiger partial charge < -0.3 is 14.8 Å². The van der Waals surface area contributed by atoms with Crippen LogP contribution in [0, 0.1) is 0 Å². The third-order valence-corrected chi connectivity index (χ3v) is 5.00. The van der Waals surface area contributed by atoms with Crippen LogP contribution in [0.15, 0.2) is 46.6 Å². The Balaban J connectivity index is 1.74. The van der Waals surface area contributed by atoms with E-state index < -0.39 is 0 Å². The topological polar surface area (TPSA) is 72.3 Å². The first-order valence-corrected chi connectivity index (χ1v) is 9.58. The average Bonchev–Trinajstić information content (AvgIpc) is 3.07. The number of hydrogen-bond acceptors (Lipinski definition) is 6. The Morgan fingerprint density at radius 2 is 2.04 bits per heavy atom. The Bertz CT molecular complexity index is 898. The number of rotatable bonds is 6. The summed E-state index contributed by atoms with van der Waals surface area (Å²) in [5.41, 5.74) is 1.60. The average molecular weight is 424 g/mol. The van der Waals surface area contributed by atoms with Crippen molar-refractivity contribution in [3.05, 3.63) is 57.6 Å². The quantitative estimate of drug-likeness (QED) is 0.559. The highest BCUT2D eigenvalue weighted by Crippen LogP contribution is 2.33. The molecule has 1 N–H and O–H groups in total. The van der Waals surface area contributed by atoms with Crippen LogP contribution in [-0.4, -0.2) is 30.2 Å². The molecule has 0 aliphatic carbocycles. The molecule has 1 heterocycles. The van der Waals surface area contributed by atoms with Gasteiger partial charge in [0, 0.05) is 5.56 Å². The first-order valence-electron chi connectivity index (χ1n) is 7.84. The first kappa shape index (κ1) is 19.5. The van der Waals surface area contributed by atoms with Crippen molar-refractivity contribution in [3.63, 3.8) is 0 Å². The van der Waals surface area contributed by atoms with Crippen LogP contribution in [0.4, 0.5) is 0 Å². The summed E-state index contributed by atoms with van der Waals surface area (Å²) in [6, 6.07) is 10.7. The van der Waals surface area contributed by atoms with Gasteiger partial charge >= 0.3 is 0 Å². The maximum absolute atomic E-state index is 11.1. The van der Waals surface area contributed by atoms with Gasteiger partial charge in [0.25, 0.3) is 0 Å². The lowest BCUT2D eigenvalue weighted by molar-refractivity contribution is -0.116. The second-order valence-electron chi connectivity index (χ2n) is 5.40. The molecule has 0 aromatic heterocycles. The van der Waals surface area contributed by atoms with Crippen LogP contribution in [0.1, 0.15) is 11.1 Å². The number of nitrogens with one attached hydrogen (secondary N) is 1. The largest absolute Gasteiger partial charge is 0.496 e. The van der Waals surface area contributed by atoms with Crippen LogP contribution in [0.5, 0.6) is 11.5 Å². The number of nitrogens with zero attached hydrogens (tertiary/aromatic N) is 2. The normalized spacial score (nSPS) is 15.4. The molecule has 2 aromatic carbocycles. The van der Waals surface area contributed by atoms with Crippen molar-refractivity contribution in [2.24, 2.45) is 10.2 Å². The fourth-order valence-electron chi connectivity index (χ4n) is 2.29. The Hall–Kier alpha value is -2.22. The number of carbonyl (C=O) groups is 1. The lowest BCUT2D eigenvalue weighted by Crippen LogP contribution is -2.19. The van der Waals surface area contributed by atoms with E-state index in [4.69, 9.17) is 32.7 Å². The molecule has 0 bridgehead atoms. The number of methoxy groups -OCH3 is 1. The molecule has 2 aromatic rings. The third kappa shape index (κ3) is 5.15. The molecule has 0 atom stereocenters. The highest BCUT2D eigenvalue weighted by Gasteiger charge is 2.16. The fraction of sp³-hybridized carbons (Fsp3) is 0.167. The van der Waals surface area contributed by atoms with E-state index in [-0.39, 0.29) is 12.5 Å². The summed E-state index contributed by atoms with van der Waals surface area (Å²) in [5.74, 6) is 1.38. The minimum Gasteiger partial charge on any atom is -0.496 e. The number of thioether (sulfide) groups is 1. The smallest absolute Gasteiger partial charge is 0.236 e. The van der Waals surface area contributed by atoms with Gasteiger partial charge in [-0.05, 0) is 35.9 Å². The van der Waals surface area contributed by atoms with Gasteiger partial charge in [-0.25, -0.2) is 0 Å². The number of benzene rings is 2. The standard InChI is InChI=1S/C18H15Cl2N3O3S/c1-25-15-6-5-11(8-21-23-18-22-16(24)10-27-18)7-12(15)9-26-17-13(19)3-2-4-14(17)20/h2-8H,9-10H2,1H3,(H,22,23,24). The van der Waals surface area contributed by atoms with Gasteiger partial charge in [-0.3, -0.25) is 4.79 Å². The Morgan fingerprint density at radius 3 is 2.70 bits per heavy atom. The summed E-state index contributed by atoms with van der Waals surface area (Å²) in [6.45, 7) is 0.217. The molecule has 0 radical (unpaired) electrons. The van der Waals surface area contributed by atoms with Gasteiger partial charge in [-0.2, -0.15) is 5.10 Å². The zero-order valence-corrected chi connectivity index (χ0v) is 16.6. The van der Waals surface area contributed by atoms with Gasteiger partial charge in [0.2, 0.25) is 5.91 Å². The number of amidine groups is 1. The second kappa shape index (κ2) is 9.12. The van der Waals surface area contributed by atoms with E-state index in [1.807, 2.05) is 18.2 Å². The zero-order valence-electron chi connectivity index (χ0n) is 14.2. The second-order valence-corrected chi connectivity index (χ2v) is 7.18. The highest BCUT2D eigenvalue weighted by atomic mass is 35.5. The maximum Gasteiger partial charge on any atom is 0.236 e. The van der Waals surface area contributed by atoms with Crippen molar-refractivity contribution < 1.29 is 14.3 Å². The first-order chi connectivity index (χ1) is 13.1. The fourth-order valence-corrected chi connectivity index (χ4v) is 3.43. The van der Waals surface area contributed by atoms with E-state index >= 15 is 0 Å². The van der Waals surface area contributed by atoms with Gasteiger partial charge in [0.15, 0.2) is 10.9 Å². The molecule has 27 heavy (non-hydrogen) atoms. The van der Waals surface area contributed by atoms with Crippen LogP contribution in [0.25, 0.3) is 0 Å². The van der Waals surface area contributed by atoms with Crippen molar-refractivity contribution in [2.75, 3.05) is 12.9 Å². The summed E-state index contributed by atoms with van der Waals surface area (Å²) in [5, 5.41) is 12.0. The molecule has 1 aliphatic rings. The lowest BCUT2D eigenvalue weighted by atomic mass is 10.1. The zero-order chi connectivity index (χ0) is 19.2. The third-order valence-electron chi connectivity index (χ3n) is 3.54. The minimum atomic E-state index is -0.0731. The van der Waals surface area contributed by atoms with Crippen molar-refractivity contribution in [2.45, 2.75) is 6.61 Å². The van der Waals surface area contributed by atoms with Crippen molar-refractivity contribution in [3.8, 4) is 11.5 Å². The Kier molecular flexibility index (Phi) is 6.60. The van der Waals surface area contributed by atoms with Crippen LogP contribution in [-0.2, 0) is 11.4 Å². The van der Waals surface area contributed by atoms with Crippen molar-refractivity contribution in [1.82, 2.24) is 5.32 Å². The number of halogens is 2. The summed E-state index contributed by atoms with van der Waals surface area (Å²) < 4.78 is 11.2. The monoisotopic (exact) mass is 423 g/mol. The van der Waals surface area contributed by atoms with Gasteiger partial charge in [0.05, 0.1) is 29.1 Å². The van der Waals surface area contributed by atoms with Crippen LogP contribution in [0.2, 0.25) is 10.0 Å². The molecule has 0 saturated carbocycles. The number of ether oxygens (including phenoxy) is 2. The van der Waals surface area contributed by atoms with E-state index in [1.54, 1.807) is 31.5 Å². The summed E-state index contributed by atoms with van der Waals surface area (Å²) in [4.78, 5) is 11.1. The predicted molar refractivity (Wildman–Crippen MR) is 109 cm³/mol. The number of hydrogen-bond donors (Lipinski definition) is 1. The van der Waals surface area contributed by atoms with E-state index in [0.717, 1.165) is 11.1 Å². The summed E-state index contributed by atoms with van der Waals surface area (Å²) in [7, 11) is 1.58. The molecular formula is C18H15Cl2N3O3S. The van der Waals surface area contributed by atoms with Crippen LogP contribution in [0.3, 0.4) is 0 Å². The molecule has 0 spiro atoms. The molecule has 1 aliphatic heterocycles. The van der Waals surface area contributed by atoms with E-state index in [2.05, 4.69) is 15.5 Å². The van der Waals surface area contributed by atoms with Gasteiger partial charge in [0.1, 0.15) is 12.4 Å². The van der Waals surface area contributed by atoms with E-state index in [1.165, 1.54) is 11.8 Å². The van der Waals surface area contributed by atoms with Crippen LogP contribution < -0.4 is 14.8 Å². The molecule has 1 amide bonds. The highest BCUT2D eigenvalue weighted by molar-refractivity contribution is 8.15. The Morgan fingerprint density at radius 1 is 1.26 bits per heavy atom. The predicted octanol–water partition coefficient (Wildman–Crippen LogP) is 4.13. The maximum atomic E-state index is 11.1. The molecule has 0 unspecified atom stereocenters. The van der Waals surface area contributed by atoms with Gasteiger partial charge in [-0.1, -0.05) is 41.0 Å². The number of carbonyl (C=O) groups excluding carboxylic acids is 1. The summed E-state index contributed by atoms with van der Waals surface area (Å²) in [6.07, 6.45) is 1.59. The lowest BCUT2D eigenvalue weighted by Gasteiger charge is -2.13. The molecule has 3 rings (SSSR count). The van der Waals surface area contributed by atoms with E-state index in [0.29, 0.717) is 32.5 Å². The molecule has 1 fully saturated rings. The number of para-hydroxylation sites is 1. The Labute approximate surface area is 170 Å². The molecular weight excluding hydrogens is 409 g/mol. The van der Waals surface area contributed by atoms with Crippen molar-refractivity contribution >= 4 is 52.3 Å². The summed E-state index contributed by atoms with van der Waals surface area (Å²) >= 11 is 13.6. The van der Waals surface area contributed by atoms with Gasteiger partial charge in [-0.15, -0.1) is 5.10 Å². The number of amides is 1. The minimum absolute atomic E-state index is 0.0731. The SMILES string of the molecule is COc1ccc(C=NN=C2NC(=O)CS2)cc1COc1c(Cl)cccc1Cl. The molecule has 1 saturated heterocycles. The van der Waals surface area contributed by atoms with E-state index in [9.17, 15) is 4.79 Å². The molecule has 9 heteroatoms. The molecule has 6 nitrogen and oxygen atoms in total.